The predicted molar refractivity (Wildman–Crippen MR) is 66.0 cm³/mol. The van der Waals surface area contributed by atoms with Crippen molar-refractivity contribution in [3.05, 3.63) is 47.3 Å². The number of ether oxygens (including phenoxy) is 1. The van der Waals surface area contributed by atoms with Gasteiger partial charge in [0.15, 0.2) is 11.6 Å². The lowest BCUT2D eigenvalue weighted by Gasteiger charge is -2.08. The van der Waals surface area contributed by atoms with Crippen LogP contribution in [0.25, 0.3) is 0 Å². The minimum Gasteiger partial charge on any atom is -0.421 e. The molecule has 4 nitrogen and oxygen atoms in total. The largest absolute Gasteiger partial charge is 0.421 e. The maximum absolute atomic E-state index is 13.4. The Morgan fingerprint density at radius 1 is 1.32 bits per heavy atom. The van der Waals surface area contributed by atoms with Gasteiger partial charge in [0.25, 0.3) is 0 Å². The van der Waals surface area contributed by atoms with Crippen molar-refractivity contribution in [1.29, 1.82) is 0 Å². The molecule has 0 aliphatic rings. The summed E-state index contributed by atoms with van der Waals surface area (Å²) in [6.07, 6.45) is 1.61. The standard InChI is InChI=1S/C13H13F2N3O/c1-8-9(6-16-2)7-17-13(18-8)19-12-4-3-10(14)5-11(12)15/h3-5,7,16H,6H2,1-2H3. The Balaban J connectivity index is 2.21. The molecular weight excluding hydrogens is 252 g/mol. The minimum absolute atomic E-state index is 0.0304. The fourth-order valence-electron chi connectivity index (χ4n) is 1.54. The van der Waals surface area contributed by atoms with Gasteiger partial charge in [0.2, 0.25) is 0 Å². The number of hydrogen-bond donors (Lipinski definition) is 1. The highest BCUT2D eigenvalue weighted by Gasteiger charge is 2.09. The van der Waals surface area contributed by atoms with Crippen LogP contribution in [-0.4, -0.2) is 17.0 Å². The Hall–Kier alpha value is -2.08. The fourth-order valence-corrected chi connectivity index (χ4v) is 1.54. The van der Waals surface area contributed by atoms with Gasteiger partial charge in [-0.05, 0) is 26.1 Å². The summed E-state index contributed by atoms with van der Waals surface area (Å²) in [5.74, 6) is -1.56. The Bertz CT molecular complexity index is 590. The zero-order chi connectivity index (χ0) is 13.8. The molecule has 2 rings (SSSR count). The molecule has 0 bridgehead atoms. The SMILES string of the molecule is CNCc1cnc(Oc2ccc(F)cc2F)nc1C. The van der Waals surface area contributed by atoms with Gasteiger partial charge in [-0.3, -0.25) is 0 Å². The van der Waals surface area contributed by atoms with E-state index in [0.717, 1.165) is 23.4 Å². The lowest BCUT2D eigenvalue weighted by molar-refractivity contribution is 0.406. The zero-order valence-electron chi connectivity index (χ0n) is 10.6. The monoisotopic (exact) mass is 265 g/mol. The van der Waals surface area contributed by atoms with Crippen LogP contribution >= 0.6 is 0 Å². The first-order chi connectivity index (χ1) is 9.10. The van der Waals surface area contributed by atoms with E-state index in [1.807, 2.05) is 14.0 Å². The molecule has 1 heterocycles. The number of hydrogen-bond acceptors (Lipinski definition) is 4. The Morgan fingerprint density at radius 3 is 2.74 bits per heavy atom. The van der Waals surface area contributed by atoms with Gasteiger partial charge in [0.05, 0.1) is 0 Å². The van der Waals surface area contributed by atoms with Crippen LogP contribution in [0.3, 0.4) is 0 Å². The first-order valence-corrected chi connectivity index (χ1v) is 5.70. The molecule has 1 N–H and O–H groups in total. The molecule has 0 spiro atoms. The first-order valence-electron chi connectivity index (χ1n) is 5.70. The quantitative estimate of drug-likeness (QED) is 0.923. The summed E-state index contributed by atoms with van der Waals surface area (Å²) in [4.78, 5) is 8.10. The van der Waals surface area contributed by atoms with Crippen molar-refractivity contribution in [2.45, 2.75) is 13.5 Å². The Labute approximate surface area is 109 Å². The molecule has 0 saturated heterocycles. The van der Waals surface area contributed by atoms with Gasteiger partial charge in [-0.25, -0.2) is 13.8 Å². The van der Waals surface area contributed by atoms with Crippen LogP contribution in [0.15, 0.2) is 24.4 Å². The summed E-state index contributed by atoms with van der Waals surface area (Å²) in [5, 5.41) is 2.99. The van der Waals surface area contributed by atoms with Crippen molar-refractivity contribution >= 4 is 0 Å². The minimum atomic E-state index is -0.791. The maximum atomic E-state index is 13.4. The van der Waals surface area contributed by atoms with Crippen molar-refractivity contribution in [2.75, 3.05) is 7.05 Å². The van der Waals surface area contributed by atoms with Crippen LogP contribution in [0.2, 0.25) is 0 Å². The van der Waals surface area contributed by atoms with Crippen molar-refractivity contribution < 1.29 is 13.5 Å². The van der Waals surface area contributed by atoms with E-state index in [1.54, 1.807) is 6.20 Å². The molecular formula is C13H13F2N3O. The van der Waals surface area contributed by atoms with Crippen molar-refractivity contribution in [1.82, 2.24) is 15.3 Å². The third kappa shape index (κ3) is 3.23. The average Bonchev–Trinajstić information content (AvgIpc) is 2.36. The summed E-state index contributed by atoms with van der Waals surface area (Å²) in [6.45, 7) is 2.44. The molecule has 6 heteroatoms. The number of nitrogens with one attached hydrogen (secondary N) is 1. The van der Waals surface area contributed by atoms with Crippen LogP contribution in [0, 0.1) is 18.6 Å². The number of nitrogens with zero attached hydrogens (tertiary/aromatic N) is 2. The fraction of sp³-hybridized carbons (Fsp3) is 0.231. The topological polar surface area (TPSA) is 47.0 Å². The van der Waals surface area contributed by atoms with Gasteiger partial charge in [-0.1, -0.05) is 0 Å². The van der Waals surface area contributed by atoms with Crippen LogP contribution in [0.4, 0.5) is 8.78 Å². The molecule has 0 unspecified atom stereocenters. The second kappa shape index (κ2) is 5.71. The molecule has 0 amide bonds. The number of benzene rings is 1. The molecule has 1 aromatic carbocycles. The molecule has 2 aromatic rings. The third-order valence-corrected chi connectivity index (χ3v) is 2.52. The molecule has 19 heavy (non-hydrogen) atoms. The van der Waals surface area contributed by atoms with Gasteiger partial charge >= 0.3 is 6.01 Å². The lowest BCUT2D eigenvalue weighted by Crippen LogP contribution is -2.08. The highest BCUT2D eigenvalue weighted by molar-refractivity contribution is 5.28. The second-order valence-corrected chi connectivity index (χ2v) is 3.97. The second-order valence-electron chi connectivity index (χ2n) is 3.97. The van der Waals surface area contributed by atoms with E-state index in [1.165, 1.54) is 6.07 Å². The van der Waals surface area contributed by atoms with E-state index < -0.39 is 11.6 Å². The summed E-state index contributed by atoms with van der Waals surface area (Å²) in [6, 6.07) is 3.09. The highest BCUT2D eigenvalue weighted by Crippen LogP contribution is 2.22. The molecule has 0 fully saturated rings. The van der Waals surface area contributed by atoms with Gasteiger partial charge in [0, 0.05) is 30.1 Å². The van der Waals surface area contributed by atoms with E-state index in [9.17, 15) is 8.78 Å². The molecule has 1 aromatic heterocycles. The molecule has 0 radical (unpaired) electrons. The number of rotatable bonds is 4. The molecule has 0 atom stereocenters. The van der Waals surface area contributed by atoms with Crippen LogP contribution in [0.1, 0.15) is 11.3 Å². The van der Waals surface area contributed by atoms with Crippen LogP contribution in [0.5, 0.6) is 11.8 Å². The zero-order valence-corrected chi connectivity index (χ0v) is 10.6. The molecule has 0 aliphatic heterocycles. The Kier molecular flexibility index (Phi) is 4.01. The molecule has 0 saturated carbocycles. The number of aryl methyl sites for hydroxylation is 1. The van der Waals surface area contributed by atoms with E-state index in [-0.39, 0.29) is 11.8 Å². The normalized spacial score (nSPS) is 10.5. The number of halogens is 2. The first kappa shape index (κ1) is 13.4. The van der Waals surface area contributed by atoms with Gasteiger partial charge < -0.3 is 10.1 Å². The van der Waals surface area contributed by atoms with Crippen molar-refractivity contribution in [3.8, 4) is 11.8 Å². The van der Waals surface area contributed by atoms with E-state index >= 15 is 0 Å². The highest BCUT2D eigenvalue weighted by atomic mass is 19.1. The van der Waals surface area contributed by atoms with E-state index in [2.05, 4.69) is 15.3 Å². The van der Waals surface area contributed by atoms with Crippen molar-refractivity contribution in [2.24, 2.45) is 0 Å². The molecule has 0 aliphatic carbocycles. The smallest absolute Gasteiger partial charge is 0.322 e. The summed E-state index contributed by atoms with van der Waals surface area (Å²) < 4.78 is 31.4. The average molecular weight is 265 g/mol. The Morgan fingerprint density at radius 2 is 2.11 bits per heavy atom. The molecule has 100 valence electrons. The lowest BCUT2D eigenvalue weighted by atomic mass is 10.2. The van der Waals surface area contributed by atoms with E-state index in [0.29, 0.717) is 6.54 Å². The van der Waals surface area contributed by atoms with Gasteiger partial charge in [-0.2, -0.15) is 4.98 Å². The summed E-state index contributed by atoms with van der Waals surface area (Å²) >= 11 is 0. The summed E-state index contributed by atoms with van der Waals surface area (Å²) in [5.41, 5.74) is 1.66. The predicted octanol–water partition coefficient (Wildman–Crippen LogP) is 2.57. The van der Waals surface area contributed by atoms with Crippen LogP contribution in [-0.2, 0) is 6.54 Å². The van der Waals surface area contributed by atoms with Crippen LogP contribution < -0.4 is 10.1 Å². The van der Waals surface area contributed by atoms with Crippen molar-refractivity contribution in [3.63, 3.8) is 0 Å². The van der Waals surface area contributed by atoms with Gasteiger partial charge in [0.1, 0.15) is 5.82 Å². The third-order valence-electron chi connectivity index (χ3n) is 2.52. The summed E-state index contributed by atoms with van der Waals surface area (Å²) in [7, 11) is 1.82. The maximum Gasteiger partial charge on any atom is 0.322 e. The van der Waals surface area contributed by atoms with Gasteiger partial charge in [-0.15, -0.1) is 0 Å². The van der Waals surface area contributed by atoms with E-state index in [4.69, 9.17) is 4.74 Å². The number of aromatic nitrogens is 2.